The van der Waals surface area contributed by atoms with Crippen molar-refractivity contribution in [2.75, 3.05) is 26.4 Å². The van der Waals surface area contributed by atoms with Crippen molar-refractivity contribution >= 4 is 11.8 Å². The molecule has 4 heterocycles. The Morgan fingerprint density at radius 1 is 0.510 bits per heavy atom. The van der Waals surface area contributed by atoms with Gasteiger partial charge in [0.2, 0.25) is 11.8 Å². The summed E-state index contributed by atoms with van der Waals surface area (Å²) < 4.78 is 38.9. The third-order valence-electron chi connectivity index (χ3n) is 8.99. The molecule has 0 bridgehead atoms. The molecule has 0 saturated carbocycles. The van der Waals surface area contributed by atoms with Gasteiger partial charge >= 0.3 is 0 Å². The molecule has 4 saturated heterocycles. The number of carbonyl (C=O) groups excluding carboxylic acids is 2. The molecule has 4 aliphatic heterocycles. The molecule has 0 aliphatic carbocycles. The van der Waals surface area contributed by atoms with Gasteiger partial charge in [-0.3, -0.25) is 9.59 Å². The van der Waals surface area contributed by atoms with E-state index >= 15 is 0 Å². The minimum atomic E-state index is -2.04. The smallest absolute Gasteiger partial charge is 0.217 e. The second kappa shape index (κ2) is 18.0. The molecule has 4 fully saturated rings. The molecular formula is C28H48N2O21. The first-order valence-corrected chi connectivity index (χ1v) is 16.1. The summed E-state index contributed by atoms with van der Waals surface area (Å²) in [5.74, 6) is -1.41. The first-order valence-electron chi connectivity index (χ1n) is 16.1. The molecule has 51 heavy (non-hydrogen) atoms. The minimum Gasteiger partial charge on any atom is -0.394 e. The van der Waals surface area contributed by atoms with Crippen molar-refractivity contribution in [2.24, 2.45) is 0 Å². The molecule has 23 nitrogen and oxygen atoms in total. The lowest BCUT2D eigenvalue weighted by Crippen LogP contribution is -2.69. The lowest BCUT2D eigenvalue weighted by molar-refractivity contribution is -0.366. The van der Waals surface area contributed by atoms with Crippen LogP contribution >= 0.6 is 0 Å². The average Bonchev–Trinajstić information content (AvgIpc) is 3.08. The maximum atomic E-state index is 12.3. The highest BCUT2D eigenvalue weighted by molar-refractivity contribution is 5.73. The zero-order valence-electron chi connectivity index (χ0n) is 27.4. The molecule has 14 N–H and O–H groups in total. The van der Waals surface area contributed by atoms with Crippen molar-refractivity contribution < 1.29 is 104 Å². The summed E-state index contributed by atoms with van der Waals surface area (Å²) in [5, 5.41) is 129. The number of nitrogens with one attached hydrogen (secondary N) is 2. The largest absolute Gasteiger partial charge is 0.394 e. The van der Waals surface area contributed by atoms with E-state index in [2.05, 4.69) is 10.6 Å². The van der Waals surface area contributed by atoms with Gasteiger partial charge in [-0.25, -0.2) is 0 Å². The SMILES string of the molecule is CC(=O)N[C@H]1[C@H](OC[C@H]2O[C@@H](O[C@H]3[C@H](O)[C@@H](CO)O[C@@H](O[C@@H]4[C@@H](O)[C@H](O)O[C@H](CO)[C@@H]4O)[C@@H]3NC(C)=O)[C@H](O)[C@@H](O)[C@H]2O)O[C@H](CO)[C@@H](O)[C@@H]1O. The van der Waals surface area contributed by atoms with Crippen molar-refractivity contribution in [3.63, 3.8) is 0 Å². The van der Waals surface area contributed by atoms with E-state index in [-0.39, 0.29) is 0 Å². The van der Waals surface area contributed by atoms with Gasteiger partial charge in [-0.05, 0) is 0 Å². The maximum absolute atomic E-state index is 12.3. The van der Waals surface area contributed by atoms with Gasteiger partial charge < -0.3 is 105 Å². The summed E-state index contributed by atoms with van der Waals surface area (Å²) in [6.45, 7) is -0.993. The summed E-state index contributed by atoms with van der Waals surface area (Å²) in [6, 6.07) is -2.98. The van der Waals surface area contributed by atoms with Crippen LogP contribution in [-0.2, 0) is 42.7 Å². The van der Waals surface area contributed by atoms with Crippen molar-refractivity contribution in [3.05, 3.63) is 0 Å². The number of hydrogen-bond acceptors (Lipinski definition) is 21. The van der Waals surface area contributed by atoms with Crippen LogP contribution in [0.2, 0.25) is 0 Å². The van der Waals surface area contributed by atoms with Crippen LogP contribution in [0, 0.1) is 0 Å². The van der Waals surface area contributed by atoms with Crippen LogP contribution in [0.4, 0.5) is 0 Å². The van der Waals surface area contributed by atoms with Crippen LogP contribution in [0.1, 0.15) is 13.8 Å². The Kier molecular flexibility index (Phi) is 14.8. The highest BCUT2D eigenvalue weighted by atomic mass is 16.7. The Morgan fingerprint density at radius 3 is 1.57 bits per heavy atom. The van der Waals surface area contributed by atoms with Crippen molar-refractivity contribution in [1.29, 1.82) is 0 Å². The summed E-state index contributed by atoms with van der Waals surface area (Å²) in [4.78, 5) is 24.1. The first kappa shape index (κ1) is 41.9. The number of aliphatic hydroxyl groups excluding tert-OH is 12. The Labute approximate surface area is 289 Å². The Balaban J connectivity index is 1.56. The van der Waals surface area contributed by atoms with Crippen LogP contribution in [-0.4, -0.2) is 222 Å². The van der Waals surface area contributed by atoms with E-state index in [9.17, 15) is 70.9 Å². The third kappa shape index (κ3) is 9.29. The molecule has 4 rings (SSSR count). The third-order valence-corrected chi connectivity index (χ3v) is 8.99. The van der Waals surface area contributed by atoms with Crippen LogP contribution in [0.3, 0.4) is 0 Å². The molecule has 0 unspecified atom stereocenters. The second-order valence-corrected chi connectivity index (χ2v) is 12.7. The molecule has 0 spiro atoms. The van der Waals surface area contributed by atoms with Gasteiger partial charge in [-0.1, -0.05) is 0 Å². The van der Waals surface area contributed by atoms with E-state index < -0.39 is 161 Å². The van der Waals surface area contributed by atoms with Crippen LogP contribution in [0.15, 0.2) is 0 Å². The number of carbonyl (C=O) groups is 2. The van der Waals surface area contributed by atoms with Crippen LogP contribution < -0.4 is 10.6 Å². The van der Waals surface area contributed by atoms with Crippen molar-refractivity contribution in [3.8, 4) is 0 Å². The number of aliphatic hydroxyl groups is 12. The molecule has 2 amide bonds. The predicted molar refractivity (Wildman–Crippen MR) is 157 cm³/mol. The number of amides is 2. The molecule has 0 aromatic rings. The Morgan fingerprint density at radius 2 is 0.980 bits per heavy atom. The van der Waals surface area contributed by atoms with E-state index in [1.165, 1.54) is 0 Å². The second-order valence-electron chi connectivity index (χ2n) is 12.7. The monoisotopic (exact) mass is 748 g/mol. The fraction of sp³-hybridized carbons (Fsp3) is 0.929. The van der Waals surface area contributed by atoms with Gasteiger partial charge in [0.1, 0.15) is 97.5 Å². The minimum absolute atomic E-state index is 0.649. The summed E-state index contributed by atoms with van der Waals surface area (Å²) in [6.07, 6.45) is -31.4. The molecule has 296 valence electrons. The van der Waals surface area contributed by atoms with Crippen molar-refractivity contribution in [1.82, 2.24) is 10.6 Å². The number of rotatable bonds is 12. The van der Waals surface area contributed by atoms with E-state index in [1.807, 2.05) is 0 Å². The quantitative estimate of drug-likeness (QED) is 0.0881. The van der Waals surface area contributed by atoms with Gasteiger partial charge in [0, 0.05) is 13.8 Å². The van der Waals surface area contributed by atoms with E-state index in [0.29, 0.717) is 0 Å². The lowest BCUT2D eigenvalue weighted by Gasteiger charge is -2.49. The van der Waals surface area contributed by atoms with Crippen LogP contribution in [0.25, 0.3) is 0 Å². The molecule has 0 aromatic carbocycles. The predicted octanol–water partition coefficient (Wildman–Crippen LogP) is -9.46. The van der Waals surface area contributed by atoms with Gasteiger partial charge in [0.05, 0.1) is 26.4 Å². The number of ether oxygens (including phenoxy) is 7. The maximum Gasteiger partial charge on any atom is 0.217 e. The Bertz CT molecular complexity index is 1140. The van der Waals surface area contributed by atoms with E-state index in [1.54, 1.807) is 0 Å². The van der Waals surface area contributed by atoms with E-state index in [4.69, 9.17) is 33.2 Å². The summed E-state index contributed by atoms with van der Waals surface area (Å²) >= 11 is 0. The zero-order valence-corrected chi connectivity index (χ0v) is 27.4. The Hall–Kier alpha value is -1.82. The molecule has 20 atom stereocenters. The van der Waals surface area contributed by atoms with Gasteiger partial charge in [0.25, 0.3) is 0 Å². The molecule has 4 aliphatic rings. The summed E-state index contributed by atoms with van der Waals surface area (Å²) in [7, 11) is 0. The lowest BCUT2D eigenvalue weighted by atomic mass is 9.94. The highest BCUT2D eigenvalue weighted by Crippen LogP contribution is 2.33. The molecule has 0 radical (unpaired) electrons. The highest BCUT2D eigenvalue weighted by Gasteiger charge is 2.54. The molecule has 0 aromatic heterocycles. The van der Waals surface area contributed by atoms with Gasteiger partial charge in [-0.15, -0.1) is 0 Å². The van der Waals surface area contributed by atoms with Gasteiger partial charge in [-0.2, -0.15) is 0 Å². The first-order chi connectivity index (χ1) is 24.0. The fourth-order valence-corrected chi connectivity index (χ4v) is 6.24. The molecule has 23 heteroatoms. The zero-order chi connectivity index (χ0) is 37.9. The van der Waals surface area contributed by atoms with Gasteiger partial charge in [0.15, 0.2) is 25.2 Å². The van der Waals surface area contributed by atoms with E-state index in [0.717, 1.165) is 13.8 Å². The fourth-order valence-electron chi connectivity index (χ4n) is 6.24. The van der Waals surface area contributed by atoms with Crippen LogP contribution in [0.5, 0.6) is 0 Å². The topological polar surface area (TPSA) is 366 Å². The standard InChI is InChI=1S/C28H48N2O21/c1-7(34)29-13-19(40)15(36)9(3-31)47-26(13)45-6-12-16(37)20(41)21(42)28(49-12)50-23-14(30-8(2)35)27(48-11(5-33)17(23)38)51-24-18(39)10(4-32)46-25(44)22(24)43/h9-28,31-33,36-44H,3-6H2,1-2H3,(H,29,34)(H,30,35)/t9-,10-,11-,12-,13-,14-,15-,16+,17-,18+,19-,20+,21-,22-,23-,24+,25-,26-,27+,28+/m1/s1. The normalized spacial score (nSPS) is 47.8. The van der Waals surface area contributed by atoms with Crippen molar-refractivity contribution in [2.45, 2.75) is 137 Å². The summed E-state index contributed by atoms with van der Waals surface area (Å²) in [5.41, 5.74) is 0. The molecular weight excluding hydrogens is 700 g/mol. The average molecular weight is 749 g/mol. The number of hydrogen-bond donors (Lipinski definition) is 14.